The van der Waals surface area contributed by atoms with Crippen LogP contribution in [0.25, 0.3) is 0 Å². The van der Waals surface area contributed by atoms with Gasteiger partial charge in [-0.25, -0.2) is 5.84 Å². The Labute approximate surface area is 112 Å². The summed E-state index contributed by atoms with van der Waals surface area (Å²) in [5.41, 5.74) is 2.54. The maximum Gasteiger partial charge on any atom is 0.268 e. The van der Waals surface area contributed by atoms with E-state index in [1.54, 1.807) is 6.07 Å². The number of amides is 1. The monoisotopic (exact) mass is 267 g/mol. The molecule has 6 nitrogen and oxygen atoms in total. The fourth-order valence-electron chi connectivity index (χ4n) is 2.41. The van der Waals surface area contributed by atoms with Crippen LogP contribution in [0.3, 0.4) is 0 Å². The number of ether oxygens (including phenoxy) is 1. The summed E-state index contributed by atoms with van der Waals surface area (Å²) in [5, 5.41) is 0. The van der Waals surface area contributed by atoms with Crippen molar-refractivity contribution < 1.29 is 13.9 Å². The van der Waals surface area contributed by atoms with Gasteiger partial charge in [-0.15, -0.1) is 0 Å². The number of hydrogen-bond donors (Lipinski definition) is 2. The number of hydrogen-bond acceptors (Lipinski definition) is 5. The van der Waals surface area contributed by atoms with Gasteiger partial charge in [-0.3, -0.25) is 15.1 Å². The van der Waals surface area contributed by atoms with Crippen LogP contribution < -0.4 is 11.3 Å². The summed E-state index contributed by atoms with van der Waals surface area (Å²) in [5.74, 6) is 5.52. The molecule has 1 amide bonds. The van der Waals surface area contributed by atoms with Crippen LogP contribution in [-0.4, -0.2) is 36.6 Å². The molecule has 1 aliphatic heterocycles. The Morgan fingerprint density at radius 1 is 1.68 bits per heavy atom. The molecule has 1 unspecified atom stereocenters. The molecule has 3 N–H and O–H groups in total. The average Bonchev–Trinajstić information content (AvgIpc) is 2.87. The predicted molar refractivity (Wildman–Crippen MR) is 70.3 cm³/mol. The zero-order valence-corrected chi connectivity index (χ0v) is 11.2. The van der Waals surface area contributed by atoms with Gasteiger partial charge in [0.2, 0.25) is 0 Å². The smallest absolute Gasteiger partial charge is 0.268 e. The van der Waals surface area contributed by atoms with Crippen molar-refractivity contribution in [2.45, 2.75) is 32.4 Å². The van der Waals surface area contributed by atoms with Crippen molar-refractivity contribution in [3.8, 4) is 0 Å². The predicted octanol–water partition coefficient (Wildman–Crippen LogP) is 0.884. The highest BCUT2D eigenvalue weighted by molar-refractivity contribution is 5.93. The first kappa shape index (κ1) is 14.0. The standard InChI is InChI=1S/C13H21N3O3/c1-2-18-11-4-3-5-16(7-11)8-12-6-10(9-19-12)13(17)15-14/h6,9,11H,2-5,7-8,14H2,1H3,(H,15,17). The van der Waals surface area contributed by atoms with Crippen LogP contribution in [0.15, 0.2) is 16.7 Å². The van der Waals surface area contributed by atoms with Gasteiger partial charge < -0.3 is 9.15 Å². The number of likely N-dealkylation sites (tertiary alicyclic amines) is 1. The van der Waals surface area contributed by atoms with Crippen molar-refractivity contribution in [2.24, 2.45) is 5.84 Å². The Balaban J connectivity index is 1.89. The minimum atomic E-state index is -0.333. The zero-order chi connectivity index (χ0) is 13.7. The average molecular weight is 267 g/mol. The van der Waals surface area contributed by atoms with E-state index in [0.717, 1.165) is 38.3 Å². The van der Waals surface area contributed by atoms with E-state index in [2.05, 4.69) is 10.3 Å². The van der Waals surface area contributed by atoms with Crippen LogP contribution in [0.2, 0.25) is 0 Å². The summed E-state index contributed by atoms with van der Waals surface area (Å²) in [6.07, 6.45) is 3.98. The first-order valence-electron chi connectivity index (χ1n) is 6.65. The molecule has 1 aromatic heterocycles. The number of nitrogens with two attached hydrogens (primary N) is 1. The molecule has 0 bridgehead atoms. The summed E-state index contributed by atoms with van der Waals surface area (Å²) in [4.78, 5) is 13.6. The van der Waals surface area contributed by atoms with Crippen molar-refractivity contribution >= 4 is 5.91 Å². The Morgan fingerprint density at radius 2 is 2.53 bits per heavy atom. The van der Waals surface area contributed by atoms with E-state index in [1.807, 2.05) is 6.92 Å². The highest BCUT2D eigenvalue weighted by Crippen LogP contribution is 2.17. The highest BCUT2D eigenvalue weighted by Gasteiger charge is 2.21. The maximum atomic E-state index is 11.3. The summed E-state index contributed by atoms with van der Waals surface area (Å²) < 4.78 is 11.0. The third kappa shape index (κ3) is 3.79. The number of rotatable bonds is 5. The van der Waals surface area contributed by atoms with E-state index >= 15 is 0 Å². The van der Waals surface area contributed by atoms with Gasteiger partial charge in [-0.1, -0.05) is 0 Å². The number of nitrogens with one attached hydrogen (secondary N) is 1. The lowest BCUT2D eigenvalue weighted by Gasteiger charge is -2.31. The molecule has 1 aromatic rings. The van der Waals surface area contributed by atoms with Crippen LogP contribution in [0.1, 0.15) is 35.9 Å². The minimum Gasteiger partial charge on any atom is -0.467 e. The van der Waals surface area contributed by atoms with Gasteiger partial charge >= 0.3 is 0 Å². The van der Waals surface area contributed by atoms with Gasteiger partial charge in [-0.05, 0) is 32.4 Å². The zero-order valence-electron chi connectivity index (χ0n) is 11.2. The largest absolute Gasteiger partial charge is 0.467 e. The molecule has 19 heavy (non-hydrogen) atoms. The van der Waals surface area contributed by atoms with Crippen LogP contribution >= 0.6 is 0 Å². The molecule has 0 saturated carbocycles. The van der Waals surface area contributed by atoms with Gasteiger partial charge in [-0.2, -0.15) is 0 Å². The lowest BCUT2D eigenvalue weighted by molar-refractivity contribution is 0.00201. The lowest BCUT2D eigenvalue weighted by Crippen LogP contribution is -2.39. The molecular formula is C13H21N3O3. The second-order valence-corrected chi connectivity index (χ2v) is 4.73. The van der Waals surface area contributed by atoms with Gasteiger partial charge in [0.05, 0.1) is 18.2 Å². The van der Waals surface area contributed by atoms with E-state index < -0.39 is 0 Å². The van der Waals surface area contributed by atoms with Gasteiger partial charge in [0.15, 0.2) is 0 Å². The Morgan fingerprint density at radius 3 is 3.26 bits per heavy atom. The van der Waals surface area contributed by atoms with Crippen molar-refractivity contribution in [2.75, 3.05) is 19.7 Å². The summed E-state index contributed by atoms with van der Waals surface area (Å²) in [6.45, 7) is 5.40. The molecular weight excluding hydrogens is 246 g/mol. The summed E-state index contributed by atoms with van der Waals surface area (Å²) in [7, 11) is 0. The number of nitrogen functional groups attached to an aromatic ring is 1. The van der Waals surface area contributed by atoms with Gasteiger partial charge in [0.25, 0.3) is 5.91 Å². The topological polar surface area (TPSA) is 80.7 Å². The second-order valence-electron chi connectivity index (χ2n) is 4.73. The van der Waals surface area contributed by atoms with Gasteiger partial charge in [0.1, 0.15) is 12.0 Å². The third-order valence-electron chi connectivity index (χ3n) is 3.29. The Hall–Kier alpha value is -1.37. The molecule has 2 rings (SSSR count). The Kier molecular flexibility index (Phi) is 4.95. The lowest BCUT2D eigenvalue weighted by atomic mass is 10.1. The molecule has 2 heterocycles. The molecule has 6 heteroatoms. The van der Waals surface area contributed by atoms with Crippen molar-refractivity contribution in [3.05, 3.63) is 23.7 Å². The second kappa shape index (κ2) is 6.70. The molecule has 0 radical (unpaired) electrons. The fourth-order valence-corrected chi connectivity index (χ4v) is 2.41. The van der Waals surface area contributed by atoms with E-state index in [9.17, 15) is 4.79 Å². The van der Waals surface area contributed by atoms with E-state index in [1.165, 1.54) is 6.26 Å². The molecule has 1 atom stereocenters. The van der Waals surface area contributed by atoms with Crippen molar-refractivity contribution in [1.29, 1.82) is 0 Å². The third-order valence-corrected chi connectivity index (χ3v) is 3.29. The van der Waals surface area contributed by atoms with Crippen LogP contribution in [0, 0.1) is 0 Å². The highest BCUT2D eigenvalue weighted by atomic mass is 16.5. The fraction of sp³-hybridized carbons (Fsp3) is 0.615. The molecule has 1 aliphatic rings. The summed E-state index contributed by atoms with van der Waals surface area (Å²) >= 11 is 0. The van der Waals surface area contributed by atoms with E-state index in [4.69, 9.17) is 15.0 Å². The molecule has 1 fully saturated rings. The van der Waals surface area contributed by atoms with Gasteiger partial charge in [0, 0.05) is 13.2 Å². The number of hydrazine groups is 1. The van der Waals surface area contributed by atoms with Crippen LogP contribution in [-0.2, 0) is 11.3 Å². The maximum absolute atomic E-state index is 11.3. The molecule has 0 aliphatic carbocycles. The van der Waals surface area contributed by atoms with Crippen LogP contribution in [0.5, 0.6) is 0 Å². The van der Waals surface area contributed by atoms with Crippen molar-refractivity contribution in [3.63, 3.8) is 0 Å². The number of furan rings is 1. The number of nitrogens with zero attached hydrogens (tertiary/aromatic N) is 1. The quantitative estimate of drug-likeness (QED) is 0.470. The SMILES string of the molecule is CCOC1CCCN(Cc2cc(C(=O)NN)co2)C1. The minimum absolute atomic E-state index is 0.306. The molecule has 1 saturated heterocycles. The van der Waals surface area contributed by atoms with E-state index in [-0.39, 0.29) is 5.91 Å². The first-order chi connectivity index (χ1) is 9.22. The van der Waals surface area contributed by atoms with Crippen LogP contribution in [0.4, 0.5) is 0 Å². The normalized spacial score (nSPS) is 20.4. The number of carbonyl (C=O) groups excluding carboxylic acids is 1. The first-order valence-corrected chi connectivity index (χ1v) is 6.65. The molecule has 0 spiro atoms. The molecule has 0 aromatic carbocycles. The number of piperidine rings is 1. The molecule has 106 valence electrons. The number of carbonyl (C=O) groups is 1. The van der Waals surface area contributed by atoms with Crippen molar-refractivity contribution in [1.82, 2.24) is 10.3 Å². The van der Waals surface area contributed by atoms with E-state index in [0.29, 0.717) is 18.2 Å². The summed E-state index contributed by atoms with van der Waals surface area (Å²) in [6, 6.07) is 1.73. The Bertz CT molecular complexity index is 417.